The lowest BCUT2D eigenvalue weighted by Gasteiger charge is -2.18. The predicted molar refractivity (Wildman–Crippen MR) is 114 cm³/mol. The monoisotopic (exact) mass is 432 g/mol. The fourth-order valence-corrected chi connectivity index (χ4v) is 5.25. The van der Waals surface area contributed by atoms with Gasteiger partial charge in [0.2, 0.25) is 10.9 Å². The van der Waals surface area contributed by atoms with Gasteiger partial charge in [-0.05, 0) is 37.1 Å². The van der Waals surface area contributed by atoms with Crippen LogP contribution in [0.1, 0.15) is 48.7 Å². The molecule has 0 unspecified atom stereocenters. The third-order valence-electron chi connectivity index (χ3n) is 4.88. The van der Waals surface area contributed by atoms with E-state index in [1.807, 2.05) is 0 Å². The number of nitrogens with one attached hydrogen (secondary N) is 1. The molecule has 0 saturated heterocycles. The van der Waals surface area contributed by atoms with E-state index >= 15 is 0 Å². The Bertz CT molecular complexity index is 1060. The molecule has 2 aromatic heterocycles. The Morgan fingerprint density at radius 2 is 2.00 bits per heavy atom. The fraction of sp³-hybridized carbons (Fsp3) is 0.400. The first-order valence-electron chi connectivity index (χ1n) is 9.61. The number of aromatic nitrogens is 3. The molecule has 1 fully saturated rings. The zero-order valence-electron chi connectivity index (χ0n) is 15.8. The van der Waals surface area contributed by atoms with Crippen LogP contribution in [0, 0.1) is 5.82 Å². The van der Waals surface area contributed by atoms with Crippen LogP contribution in [0.4, 0.5) is 10.1 Å². The van der Waals surface area contributed by atoms with Gasteiger partial charge in [-0.25, -0.2) is 9.37 Å². The Morgan fingerprint density at radius 3 is 2.76 bits per heavy atom. The van der Waals surface area contributed by atoms with E-state index in [1.54, 1.807) is 0 Å². The highest BCUT2D eigenvalue weighted by Crippen LogP contribution is 2.34. The van der Waals surface area contributed by atoms with Crippen LogP contribution < -0.4 is 10.9 Å². The number of hydrogen-bond acceptors (Lipinski definition) is 6. The molecule has 0 atom stereocenters. The SMILES string of the molecule is O=C(CSCc1cc(=O)n2nc(C3CCCCC3)sc2n1)Nc1ccc(F)cc1. The number of amides is 1. The van der Waals surface area contributed by atoms with Crippen LogP contribution in [0.5, 0.6) is 0 Å². The average molecular weight is 433 g/mol. The normalized spacial score (nSPS) is 14.9. The zero-order chi connectivity index (χ0) is 20.2. The number of thioether (sulfide) groups is 1. The second-order valence-corrected chi connectivity index (χ2v) is 9.08. The van der Waals surface area contributed by atoms with Crippen molar-refractivity contribution in [3.63, 3.8) is 0 Å². The molecule has 152 valence electrons. The van der Waals surface area contributed by atoms with Gasteiger partial charge >= 0.3 is 0 Å². The van der Waals surface area contributed by atoms with Gasteiger partial charge in [-0.15, -0.1) is 11.8 Å². The second kappa shape index (κ2) is 9.04. The molecule has 4 rings (SSSR count). The largest absolute Gasteiger partial charge is 0.325 e. The molecule has 6 nitrogen and oxygen atoms in total. The van der Waals surface area contributed by atoms with Crippen molar-refractivity contribution in [2.75, 3.05) is 11.1 Å². The Morgan fingerprint density at radius 1 is 1.24 bits per heavy atom. The number of rotatable bonds is 6. The van der Waals surface area contributed by atoms with Crippen LogP contribution >= 0.6 is 23.1 Å². The summed E-state index contributed by atoms with van der Waals surface area (Å²) < 4.78 is 14.3. The standard InChI is InChI=1S/C20H21FN4O2S2/c21-14-6-8-15(9-7-14)22-17(26)12-28-11-16-10-18(27)25-20(23-16)29-19(24-25)13-4-2-1-3-5-13/h6-10,13H,1-5,11-12H2,(H,22,26). The van der Waals surface area contributed by atoms with E-state index in [2.05, 4.69) is 15.4 Å². The number of hydrogen-bond donors (Lipinski definition) is 1. The first-order valence-corrected chi connectivity index (χ1v) is 11.6. The summed E-state index contributed by atoms with van der Waals surface area (Å²) in [4.78, 5) is 29.6. The average Bonchev–Trinajstić information content (AvgIpc) is 3.15. The zero-order valence-corrected chi connectivity index (χ0v) is 17.4. The molecule has 1 aliphatic rings. The molecule has 3 aromatic rings. The maximum absolute atomic E-state index is 12.9. The first kappa shape index (κ1) is 20.0. The highest BCUT2D eigenvalue weighted by atomic mass is 32.2. The van der Waals surface area contributed by atoms with Crippen molar-refractivity contribution in [3.05, 3.63) is 57.2 Å². The van der Waals surface area contributed by atoms with Gasteiger partial charge in [0.1, 0.15) is 10.8 Å². The van der Waals surface area contributed by atoms with Crippen LogP contribution in [0.15, 0.2) is 35.1 Å². The first-order chi connectivity index (χ1) is 14.1. The van der Waals surface area contributed by atoms with E-state index in [0.717, 1.165) is 17.8 Å². The number of carbonyl (C=O) groups is 1. The lowest BCUT2D eigenvalue weighted by molar-refractivity contribution is -0.113. The van der Waals surface area contributed by atoms with E-state index < -0.39 is 0 Å². The molecule has 1 saturated carbocycles. The molecular weight excluding hydrogens is 411 g/mol. The number of anilines is 1. The number of halogens is 1. The molecule has 0 aliphatic heterocycles. The number of nitrogens with zero attached hydrogens (tertiary/aromatic N) is 3. The molecule has 1 amide bonds. The summed E-state index contributed by atoms with van der Waals surface area (Å²) >= 11 is 2.87. The van der Waals surface area contributed by atoms with Crippen molar-refractivity contribution >= 4 is 39.7 Å². The van der Waals surface area contributed by atoms with E-state index in [0.29, 0.717) is 28.0 Å². The van der Waals surface area contributed by atoms with E-state index in [4.69, 9.17) is 0 Å². The van der Waals surface area contributed by atoms with Crippen LogP contribution in [-0.4, -0.2) is 26.3 Å². The molecule has 0 radical (unpaired) electrons. The summed E-state index contributed by atoms with van der Waals surface area (Å²) in [6, 6.07) is 7.12. The highest BCUT2D eigenvalue weighted by Gasteiger charge is 2.20. The quantitative estimate of drug-likeness (QED) is 0.631. The van der Waals surface area contributed by atoms with Crippen LogP contribution in [0.3, 0.4) is 0 Å². The summed E-state index contributed by atoms with van der Waals surface area (Å²) in [5, 5.41) is 8.21. The number of benzene rings is 1. The second-order valence-electron chi connectivity index (χ2n) is 7.10. The minimum Gasteiger partial charge on any atom is -0.325 e. The highest BCUT2D eigenvalue weighted by molar-refractivity contribution is 7.99. The fourth-order valence-electron chi connectivity index (χ4n) is 3.44. The van der Waals surface area contributed by atoms with Crippen molar-refractivity contribution in [2.24, 2.45) is 0 Å². The summed E-state index contributed by atoms with van der Waals surface area (Å²) in [6.07, 6.45) is 5.95. The van der Waals surface area contributed by atoms with E-state index in [1.165, 1.54) is 77.2 Å². The van der Waals surface area contributed by atoms with E-state index in [9.17, 15) is 14.0 Å². The van der Waals surface area contributed by atoms with Gasteiger partial charge in [-0.1, -0.05) is 30.6 Å². The van der Waals surface area contributed by atoms with Crippen LogP contribution in [-0.2, 0) is 10.5 Å². The lowest BCUT2D eigenvalue weighted by atomic mass is 9.90. The van der Waals surface area contributed by atoms with Gasteiger partial charge in [-0.3, -0.25) is 9.59 Å². The smallest absolute Gasteiger partial charge is 0.275 e. The lowest BCUT2D eigenvalue weighted by Crippen LogP contribution is -2.16. The molecule has 0 spiro atoms. The summed E-state index contributed by atoms with van der Waals surface area (Å²) in [5.74, 6) is 0.577. The molecule has 2 heterocycles. The van der Waals surface area contributed by atoms with Crippen LogP contribution in [0.25, 0.3) is 4.96 Å². The Balaban J connectivity index is 1.37. The Labute approximate surface area is 175 Å². The molecular formula is C20H21FN4O2S2. The van der Waals surface area contributed by atoms with E-state index in [-0.39, 0.29) is 23.0 Å². The predicted octanol–water partition coefficient (Wildman–Crippen LogP) is 4.21. The number of carbonyl (C=O) groups excluding carboxylic acids is 1. The molecule has 29 heavy (non-hydrogen) atoms. The van der Waals surface area contributed by atoms with Gasteiger partial charge in [0.15, 0.2) is 0 Å². The van der Waals surface area contributed by atoms with Gasteiger partial charge < -0.3 is 5.32 Å². The molecule has 1 N–H and O–H groups in total. The Kier molecular flexibility index (Phi) is 6.25. The Hall–Kier alpha value is -2.26. The maximum Gasteiger partial charge on any atom is 0.275 e. The third-order valence-corrected chi connectivity index (χ3v) is 6.92. The molecule has 1 aliphatic carbocycles. The van der Waals surface area contributed by atoms with Crippen molar-refractivity contribution < 1.29 is 9.18 Å². The van der Waals surface area contributed by atoms with Crippen molar-refractivity contribution in [2.45, 2.75) is 43.8 Å². The number of fused-ring (bicyclic) bond motifs is 1. The third kappa shape index (κ3) is 5.02. The van der Waals surface area contributed by atoms with Crippen molar-refractivity contribution in [1.82, 2.24) is 14.6 Å². The molecule has 9 heteroatoms. The van der Waals surface area contributed by atoms with Crippen molar-refractivity contribution in [3.8, 4) is 0 Å². The summed E-state index contributed by atoms with van der Waals surface area (Å²) in [6.45, 7) is 0. The van der Waals surface area contributed by atoms with Gasteiger partial charge in [0.25, 0.3) is 5.56 Å². The summed E-state index contributed by atoms with van der Waals surface area (Å²) in [7, 11) is 0. The van der Waals surface area contributed by atoms with Crippen LogP contribution in [0.2, 0.25) is 0 Å². The minimum atomic E-state index is -0.347. The van der Waals surface area contributed by atoms with Gasteiger partial charge in [0, 0.05) is 23.4 Å². The van der Waals surface area contributed by atoms with Gasteiger partial charge in [-0.2, -0.15) is 9.61 Å². The topological polar surface area (TPSA) is 76.4 Å². The summed E-state index contributed by atoms with van der Waals surface area (Å²) in [5.41, 5.74) is 1.02. The molecule has 1 aromatic carbocycles. The van der Waals surface area contributed by atoms with Crippen molar-refractivity contribution in [1.29, 1.82) is 0 Å². The minimum absolute atomic E-state index is 0.181. The van der Waals surface area contributed by atoms with Gasteiger partial charge in [0.05, 0.1) is 11.4 Å². The molecule has 0 bridgehead atoms. The maximum atomic E-state index is 12.9.